The molecule has 4 fully saturated rings. The van der Waals surface area contributed by atoms with Gasteiger partial charge in [-0.1, -0.05) is 105 Å². The fraction of sp³-hybridized carbons (Fsp3) is 0.714. The molecule has 262 valence electrons. The van der Waals surface area contributed by atoms with Crippen molar-refractivity contribution >= 4 is 37.8 Å². The smallest absolute Gasteiger partial charge is 0.151 e. The van der Waals surface area contributed by atoms with Crippen LogP contribution in [0.25, 0.3) is 11.1 Å². The van der Waals surface area contributed by atoms with Crippen molar-refractivity contribution in [3.05, 3.63) is 24.3 Å². The molecule has 0 spiro atoms. The second-order valence-corrected chi connectivity index (χ2v) is 21.7. The largest absolute Gasteiger partial charge is 0.489 e. The Morgan fingerprint density at radius 2 is 0.771 bits per heavy atom. The average molecular weight is 689 g/mol. The van der Waals surface area contributed by atoms with Crippen LogP contribution in [0, 0.1) is 0 Å². The quantitative estimate of drug-likeness (QED) is 0.270. The number of anilines is 2. The Morgan fingerprint density at radius 3 is 1.08 bits per heavy atom. The van der Waals surface area contributed by atoms with Gasteiger partial charge in [0.1, 0.15) is 13.2 Å². The van der Waals surface area contributed by atoms with Crippen LogP contribution in [0.4, 0.5) is 11.4 Å². The summed E-state index contributed by atoms with van der Waals surface area (Å²) in [7, 11) is 3.96. The number of likely N-dealkylation sites (N-methyl/N-ethyl adjacent to an activating group) is 2. The number of hydrogen-bond donors (Lipinski definition) is 0. The molecule has 2 aromatic rings. The summed E-state index contributed by atoms with van der Waals surface area (Å²) in [4.78, 5) is 4.95. The number of benzene rings is 2. The highest BCUT2D eigenvalue weighted by Gasteiger charge is 2.41. The van der Waals surface area contributed by atoms with E-state index < -0.39 is 0 Å². The maximum absolute atomic E-state index is 7.00. The lowest BCUT2D eigenvalue weighted by atomic mass is 9.98. The van der Waals surface area contributed by atoms with E-state index in [9.17, 15) is 0 Å². The van der Waals surface area contributed by atoms with E-state index in [2.05, 4.69) is 48.2 Å². The molecule has 0 amide bonds. The van der Waals surface area contributed by atoms with Crippen LogP contribution in [0.15, 0.2) is 24.3 Å². The minimum atomic E-state index is -0.311. The lowest BCUT2D eigenvalue weighted by Crippen LogP contribution is -2.34. The van der Waals surface area contributed by atoms with E-state index in [-0.39, 0.29) is 15.8 Å². The Kier molecular flexibility index (Phi) is 10.8. The van der Waals surface area contributed by atoms with Crippen LogP contribution in [-0.4, -0.2) is 63.0 Å². The molecule has 2 aliphatic heterocycles. The molecular formula is C42H62N2O2P2. The summed E-state index contributed by atoms with van der Waals surface area (Å²) in [6, 6.07) is 10.2. The summed E-state index contributed by atoms with van der Waals surface area (Å²) in [5.41, 5.74) is 8.97. The molecule has 0 aromatic heterocycles. The molecule has 0 atom stereocenters. The molecule has 6 heteroatoms. The van der Waals surface area contributed by atoms with E-state index in [1.54, 1.807) is 10.6 Å². The molecule has 4 saturated carbocycles. The number of ether oxygens (including phenoxy) is 2. The van der Waals surface area contributed by atoms with E-state index in [0.717, 1.165) is 48.9 Å². The first-order chi connectivity index (χ1) is 23.7. The maximum atomic E-state index is 7.00. The topological polar surface area (TPSA) is 24.9 Å². The van der Waals surface area contributed by atoms with Crippen molar-refractivity contribution in [2.75, 3.05) is 50.2 Å². The van der Waals surface area contributed by atoms with Crippen LogP contribution in [0.2, 0.25) is 0 Å². The normalized spacial score (nSPS) is 23.6. The summed E-state index contributed by atoms with van der Waals surface area (Å²) >= 11 is 0. The average Bonchev–Trinajstić information content (AvgIpc) is 3.14. The third-order valence-corrected chi connectivity index (χ3v) is 20.1. The van der Waals surface area contributed by atoms with Gasteiger partial charge >= 0.3 is 0 Å². The third kappa shape index (κ3) is 6.65. The summed E-state index contributed by atoms with van der Waals surface area (Å²) in [5, 5.41) is 3.37. The van der Waals surface area contributed by atoms with Crippen LogP contribution in [0.3, 0.4) is 0 Å². The van der Waals surface area contributed by atoms with Crippen LogP contribution in [0.1, 0.15) is 128 Å². The van der Waals surface area contributed by atoms with Gasteiger partial charge in [-0.15, -0.1) is 0 Å². The Morgan fingerprint density at radius 1 is 0.458 bits per heavy atom. The molecule has 0 radical (unpaired) electrons. The summed E-state index contributed by atoms with van der Waals surface area (Å²) in [6.07, 6.45) is 28.5. The van der Waals surface area contributed by atoms with Crippen LogP contribution in [0.5, 0.6) is 11.5 Å². The van der Waals surface area contributed by atoms with E-state index in [4.69, 9.17) is 9.47 Å². The number of hydrogen-bond acceptors (Lipinski definition) is 4. The van der Waals surface area contributed by atoms with Crippen molar-refractivity contribution in [3.8, 4) is 22.6 Å². The molecule has 4 nitrogen and oxygen atoms in total. The van der Waals surface area contributed by atoms with Crippen LogP contribution < -0.4 is 29.9 Å². The molecule has 0 unspecified atom stereocenters. The standard InChI is InChI=1S/C42H62N2O2P2/c1-43-27-29-45-41-35(43)23-25-37(47(31-15-7-3-8-16-31)32-17-9-4-10-18-32)39(41)40-38(26-24-36-42(40)46-30-28-44(36)2)48(33-19-11-5-12-20-33)34-21-13-6-14-22-34/h23-26,31-34H,3-22,27-30H2,1-2H3. The van der Waals surface area contributed by atoms with Crippen LogP contribution in [-0.2, 0) is 0 Å². The van der Waals surface area contributed by atoms with Gasteiger partial charge in [0.15, 0.2) is 11.5 Å². The van der Waals surface area contributed by atoms with Gasteiger partial charge < -0.3 is 19.3 Å². The van der Waals surface area contributed by atoms with Gasteiger partial charge in [-0.2, -0.15) is 0 Å². The van der Waals surface area contributed by atoms with Crippen molar-refractivity contribution in [2.45, 2.75) is 151 Å². The van der Waals surface area contributed by atoms with Crippen LogP contribution >= 0.6 is 15.8 Å². The predicted molar refractivity (Wildman–Crippen MR) is 210 cm³/mol. The van der Waals surface area contributed by atoms with Crippen molar-refractivity contribution in [1.82, 2.24) is 0 Å². The first-order valence-electron chi connectivity index (χ1n) is 20.3. The van der Waals surface area contributed by atoms with Gasteiger partial charge in [-0.3, -0.25) is 0 Å². The molecular weight excluding hydrogens is 626 g/mol. The minimum Gasteiger partial charge on any atom is -0.489 e. The lowest BCUT2D eigenvalue weighted by Gasteiger charge is -2.43. The monoisotopic (exact) mass is 688 g/mol. The first kappa shape index (κ1) is 33.6. The van der Waals surface area contributed by atoms with E-state index in [1.807, 2.05) is 0 Å². The highest BCUT2D eigenvalue weighted by molar-refractivity contribution is 7.68. The fourth-order valence-electron chi connectivity index (χ4n) is 10.6. The third-order valence-electron chi connectivity index (χ3n) is 13.1. The minimum absolute atomic E-state index is 0.311. The Labute approximate surface area is 294 Å². The van der Waals surface area contributed by atoms with Gasteiger partial charge in [0.25, 0.3) is 0 Å². The number of nitrogens with zero attached hydrogens (tertiary/aromatic N) is 2. The molecule has 0 saturated heterocycles. The second-order valence-electron chi connectivity index (χ2n) is 16.1. The molecule has 0 N–H and O–H groups in total. The molecule has 0 bridgehead atoms. The van der Waals surface area contributed by atoms with Gasteiger partial charge in [-0.05, 0) is 96.7 Å². The Balaban J connectivity index is 1.39. The summed E-state index contributed by atoms with van der Waals surface area (Å²) in [5.74, 6) is 2.38. The van der Waals surface area contributed by atoms with E-state index in [1.165, 1.54) is 162 Å². The van der Waals surface area contributed by atoms with Crippen molar-refractivity contribution < 1.29 is 9.47 Å². The van der Waals surface area contributed by atoms with Crippen molar-refractivity contribution in [3.63, 3.8) is 0 Å². The maximum Gasteiger partial charge on any atom is 0.151 e. The molecule has 8 rings (SSSR count). The lowest BCUT2D eigenvalue weighted by molar-refractivity contribution is 0.308. The van der Waals surface area contributed by atoms with Gasteiger partial charge in [-0.25, -0.2) is 0 Å². The van der Waals surface area contributed by atoms with Crippen molar-refractivity contribution in [1.29, 1.82) is 0 Å². The van der Waals surface area contributed by atoms with E-state index >= 15 is 0 Å². The molecule has 6 aliphatic rings. The SMILES string of the molecule is CN1CCOc2c1ccc(P(C1CCCCC1)C1CCCCC1)c2-c1c(P(C2CCCCC2)C2CCCCC2)ccc2c1OCCN2C. The zero-order valence-electron chi connectivity index (χ0n) is 30.2. The highest BCUT2D eigenvalue weighted by atomic mass is 31.1. The Bertz CT molecular complexity index is 1250. The van der Waals surface area contributed by atoms with Gasteiger partial charge in [0.05, 0.1) is 24.5 Å². The van der Waals surface area contributed by atoms with E-state index in [0.29, 0.717) is 0 Å². The second kappa shape index (κ2) is 15.4. The zero-order chi connectivity index (χ0) is 32.5. The Hall–Kier alpha value is -1.50. The molecule has 4 aliphatic carbocycles. The fourth-order valence-corrected chi connectivity index (χ4v) is 18.4. The zero-order valence-corrected chi connectivity index (χ0v) is 32.0. The predicted octanol–water partition coefficient (Wildman–Crippen LogP) is 10.6. The molecule has 2 heterocycles. The van der Waals surface area contributed by atoms with Gasteiger partial charge in [0.2, 0.25) is 0 Å². The molecule has 2 aromatic carbocycles. The number of fused-ring (bicyclic) bond motifs is 2. The first-order valence-corrected chi connectivity index (χ1v) is 23.2. The number of rotatable bonds is 7. The molecule has 48 heavy (non-hydrogen) atoms. The van der Waals surface area contributed by atoms with Gasteiger partial charge in [0, 0.05) is 25.2 Å². The van der Waals surface area contributed by atoms with Crippen molar-refractivity contribution in [2.24, 2.45) is 0 Å². The highest BCUT2D eigenvalue weighted by Crippen LogP contribution is 2.62. The summed E-state index contributed by atoms with van der Waals surface area (Å²) in [6.45, 7) is 3.47. The summed E-state index contributed by atoms with van der Waals surface area (Å²) < 4.78 is 14.0.